The second kappa shape index (κ2) is 11.3. The van der Waals surface area contributed by atoms with Crippen molar-refractivity contribution >= 4 is 52.2 Å². The Kier molecular flexibility index (Phi) is 7.43. The van der Waals surface area contributed by atoms with Gasteiger partial charge >= 0.3 is 0 Å². The molecule has 5 rings (SSSR count). The van der Waals surface area contributed by atoms with Gasteiger partial charge in [-0.3, -0.25) is 24.5 Å². The van der Waals surface area contributed by atoms with Gasteiger partial charge in [0, 0.05) is 34.0 Å². The van der Waals surface area contributed by atoms with Crippen LogP contribution < -0.4 is 15.5 Å². The first-order chi connectivity index (χ1) is 19.3. The molecular formula is C30H22N4O5S. The standard InChI is InChI=1S/C30H22N4O5S/c1-19-7-11-21(12-8-19)31-26-27(30(37)33(29(26)36)23-5-3-2-4-6-23)40-25-17-13-22(14-18-25)32-28(35)20-9-15-24(16-10-20)34(38)39/h2-18,31H,1H3,(H,32,35). The lowest BCUT2D eigenvalue weighted by molar-refractivity contribution is -0.384. The topological polar surface area (TPSA) is 122 Å². The zero-order valence-corrected chi connectivity index (χ0v) is 22.0. The van der Waals surface area contributed by atoms with E-state index in [1.807, 2.05) is 37.3 Å². The van der Waals surface area contributed by atoms with Gasteiger partial charge in [0.2, 0.25) is 0 Å². The quantitative estimate of drug-likeness (QED) is 0.153. The maximum atomic E-state index is 13.5. The van der Waals surface area contributed by atoms with E-state index in [9.17, 15) is 24.5 Å². The Morgan fingerprint density at radius 2 is 1.43 bits per heavy atom. The zero-order valence-electron chi connectivity index (χ0n) is 21.2. The van der Waals surface area contributed by atoms with E-state index in [2.05, 4.69) is 10.6 Å². The Labute approximate surface area is 233 Å². The van der Waals surface area contributed by atoms with Gasteiger partial charge in [0.1, 0.15) is 10.6 Å². The van der Waals surface area contributed by atoms with Gasteiger partial charge in [-0.25, -0.2) is 4.90 Å². The highest BCUT2D eigenvalue weighted by molar-refractivity contribution is 8.04. The first-order valence-electron chi connectivity index (χ1n) is 12.2. The number of rotatable bonds is 8. The van der Waals surface area contributed by atoms with E-state index in [1.165, 1.54) is 24.3 Å². The number of nitrogens with zero attached hydrogens (tertiary/aromatic N) is 2. The molecule has 9 nitrogen and oxygen atoms in total. The van der Waals surface area contributed by atoms with Crippen molar-refractivity contribution in [3.05, 3.63) is 135 Å². The minimum absolute atomic E-state index is 0.103. The Morgan fingerprint density at radius 3 is 2.05 bits per heavy atom. The van der Waals surface area contributed by atoms with Gasteiger partial charge in [-0.15, -0.1) is 0 Å². The van der Waals surface area contributed by atoms with Crippen molar-refractivity contribution in [3.8, 4) is 0 Å². The molecule has 0 saturated heterocycles. The van der Waals surface area contributed by atoms with Gasteiger partial charge in [0.05, 0.1) is 10.6 Å². The van der Waals surface area contributed by atoms with Crippen LogP contribution in [0.4, 0.5) is 22.7 Å². The summed E-state index contributed by atoms with van der Waals surface area (Å²) >= 11 is 1.15. The largest absolute Gasteiger partial charge is 0.350 e. The van der Waals surface area contributed by atoms with Crippen molar-refractivity contribution in [1.82, 2.24) is 0 Å². The number of thioether (sulfide) groups is 1. The molecule has 198 valence electrons. The summed E-state index contributed by atoms with van der Waals surface area (Å²) in [5, 5.41) is 16.7. The summed E-state index contributed by atoms with van der Waals surface area (Å²) in [6, 6.07) is 28.4. The molecule has 0 atom stereocenters. The van der Waals surface area contributed by atoms with Gasteiger partial charge in [-0.05, 0) is 67.6 Å². The van der Waals surface area contributed by atoms with E-state index < -0.39 is 22.6 Å². The Balaban J connectivity index is 1.37. The third-order valence-electron chi connectivity index (χ3n) is 6.05. The number of imide groups is 1. The van der Waals surface area contributed by atoms with Crippen LogP contribution in [0.3, 0.4) is 0 Å². The number of amides is 3. The molecule has 10 heteroatoms. The summed E-state index contributed by atoms with van der Waals surface area (Å²) in [6.07, 6.45) is 0. The summed E-state index contributed by atoms with van der Waals surface area (Å²) in [5.74, 6) is -1.31. The lowest BCUT2D eigenvalue weighted by Gasteiger charge is -2.15. The number of para-hydroxylation sites is 1. The van der Waals surface area contributed by atoms with Crippen molar-refractivity contribution < 1.29 is 19.3 Å². The molecule has 1 aliphatic rings. The van der Waals surface area contributed by atoms with Crippen LogP contribution in [-0.2, 0) is 9.59 Å². The van der Waals surface area contributed by atoms with Crippen LogP contribution in [0.15, 0.2) is 119 Å². The Hall–Kier alpha value is -5.22. The summed E-state index contributed by atoms with van der Waals surface area (Å²) in [5.41, 5.74) is 3.07. The molecule has 0 bridgehead atoms. The molecular weight excluding hydrogens is 528 g/mol. The molecule has 1 aliphatic heterocycles. The third-order valence-corrected chi connectivity index (χ3v) is 7.14. The highest BCUT2D eigenvalue weighted by Gasteiger charge is 2.40. The third kappa shape index (κ3) is 5.62. The van der Waals surface area contributed by atoms with Gasteiger partial charge in [-0.1, -0.05) is 47.7 Å². The van der Waals surface area contributed by atoms with Gasteiger partial charge in [0.15, 0.2) is 0 Å². The molecule has 1 heterocycles. The number of nitro groups is 1. The van der Waals surface area contributed by atoms with Crippen LogP contribution in [0.1, 0.15) is 15.9 Å². The van der Waals surface area contributed by atoms with E-state index in [0.717, 1.165) is 22.2 Å². The Bertz CT molecular complexity index is 1630. The van der Waals surface area contributed by atoms with Crippen LogP contribution in [-0.4, -0.2) is 22.6 Å². The van der Waals surface area contributed by atoms with Crippen LogP contribution in [0, 0.1) is 17.0 Å². The molecule has 0 aliphatic carbocycles. The number of nitrogens with one attached hydrogen (secondary N) is 2. The molecule has 0 unspecified atom stereocenters. The number of non-ortho nitro benzene ring substituents is 1. The molecule has 40 heavy (non-hydrogen) atoms. The molecule has 2 N–H and O–H groups in total. The fourth-order valence-corrected chi connectivity index (χ4v) is 4.90. The summed E-state index contributed by atoms with van der Waals surface area (Å²) < 4.78 is 0. The van der Waals surface area contributed by atoms with Crippen molar-refractivity contribution in [2.75, 3.05) is 15.5 Å². The summed E-state index contributed by atoms with van der Waals surface area (Å²) in [4.78, 5) is 51.9. The van der Waals surface area contributed by atoms with Crippen molar-refractivity contribution in [2.45, 2.75) is 11.8 Å². The zero-order chi connectivity index (χ0) is 28.2. The number of hydrogen-bond donors (Lipinski definition) is 2. The normalized spacial score (nSPS) is 13.0. The van der Waals surface area contributed by atoms with Gasteiger partial charge in [-0.2, -0.15) is 0 Å². The fraction of sp³-hybridized carbons (Fsp3) is 0.0333. The summed E-state index contributed by atoms with van der Waals surface area (Å²) in [7, 11) is 0. The fourth-order valence-electron chi connectivity index (χ4n) is 3.97. The van der Waals surface area contributed by atoms with Crippen LogP contribution >= 0.6 is 11.8 Å². The van der Waals surface area contributed by atoms with Crippen molar-refractivity contribution in [2.24, 2.45) is 0 Å². The van der Waals surface area contributed by atoms with Crippen LogP contribution in [0.5, 0.6) is 0 Å². The number of carbonyl (C=O) groups excluding carboxylic acids is 3. The SMILES string of the molecule is Cc1ccc(NC2=C(Sc3ccc(NC(=O)c4ccc([N+](=O)[O-])cc4)cc3)C(=O)N(c3ccccc3)C2=O)cc1. The number of nitro benzene ring substituents is 1. The monoisotopic (exact) mass is 550 g/mol. The smallest absolute Gasteiger partial charge is 0.283 e. The molecule has 0 radical (unpaired) electrons. The molecule has 0 spiro atoms. The van der Waals surface area contributed by atoms with E-state index >= 15 is 0 Å². The van der Waals surface area contributed by atoms with Crippen molar-refractivity contribution in [3.63, 3.8) is 0 Å². The van der Waals surface area contributed by atoms with E-state index in [0.29, 0.717) is 22.0 Å². The first-order valence-corrected chi connectivity index (χ1v) is 13.0. The predicted octanol–water partition coefficient (Wildman–Crippen LogP) is 6.14. The maximum Gasteiger partial charge on any atom is 0.283 e. The second-order valence-corrected chi connectivity index (χ2v) is 9.94. The molecule has 0 fully saturated rings. The van der Waals surface area contributed by atoms with Crippen LogP contribution in [0.2, 0.25) is 0 Å². The van der Waals surface area contributed by atoms with Gasteiger partial charge < -0.3 is 10.6 Å². The second-order valence-electron chi connectivity index (χ2n) is 8.86. The number of carbonyl (C=O) groups is 3. The Morgan fingerprint density at radius 1 is 0.800 bits per heavy atom. The molecule has 0 aromatic heterocycles. The molecule has 4 aromatic carbocycles. The highest BCUT2D eigenvalue weighted by atomic mass is 32.2. The predicted molar refractivity (Wildman–Crippen MR) is 154 cm³/mol. The minimum Gasteiger partial charge on any atom is -0.350 e. The highest BCUT2D eigenvalue weighted by Crippen LogP contribution is 2.38. The molecule has 0 saturated carbocycles. The first kappa shape index (κ1) is 26.4. The molecule has 3 amide bonds. The minimum atomic E-state index is -0.531. The number of benzene rings is 4. The average Bonchev–Trinajstić information content (AvgIpc) is 3.19. The van der Waals surface area contributed by atoms with Gasteiger partial charge in [0.25, 0.3) is 23.4 Å². The number of hydrogen-bond acceptors (Lipinski definition) is 7. The number of aryl methyl sites for hydroxylation is 1. The maximum absolute atomic E-state index is 13.5. The van der Waals surface area contributed by atoms with E-state index in [4.69, 9.17) is 0 Å². The lowest BCUT2D eigenvalue weighted by Crippen LogP contribution is -2.32. The van der Waals surface area contributed by atoms with Crippen LogP contribution in [0.25, 0.3) is 0 Å². The average molecular weight is 551 g/mol. The molecule has 4 aromatic rings. The summed E-state index contributed by atoms with van der Waals surface area (Å²) in [6.45, 7) is 1.96. The van der Waals surface area contributed by atoms with E-state index in [-0.39, 0.29) is 21.9 Å². The lowest BCUT2D eigenvalue weighted by atomic mass is 10.2. The number of anilines is 3. The van der Waals surface area contributed by atoms with E-state index in [1.54, 1.807) is 48.5 Å². The van der Waals surface area contributed by atoms with Crippen molar-refractivity contribution in [1.29, 1.82) is 0 Å².